The highest BCUT2D eigenvalue weighted by molar-refractivity contribution is 5.79. The molecular weight excluding hydrogens is 330 g/mol. The minimum atomic E-state index is -0.292. The number of methoxy groups -OCH3 is 1. The summed E-state index contributed by atoms with van der Waals surface area (Å²) >= 11 is 0. The van der Waals surface area contributed by atoms with E-state index >= 15 is 0 Å². The molecule has 0 atom stereocenters. The van der Waals surface area contributed by atoms with Gasteiger partial charge in [0.05, 0.1) is 26.6 Å². The predicted molar refractivity (Wildman–Crippen MR) is 99.8 cm³/mol. The molecule has 0 heterocycles. The number of hydrogen-bond acceptors (Lipinski definition) is 4. The monoisotopic (exact) mass is 355 g/mol. The van der Waals surface area contributed by atoms with Crippen molar-refractivity contribution in [1.82, 2.24) is 4.90 Å². The van der Waals surface area contributed by atoms with Gasteiger partial charge in [0.1, 0.15) is 5.75 Å². The highest BCUT2D eigenvalue weighted by Crippen LogP contribution is 2.14. The molecule has 0 radical (unpaired) electrons. The van der Waals surface area contributed by atoms with E-state index in [1.807, 2.05) is 54.6 Å². The van der Waals surface area contributed by atoms with Gasteiger partial charge in [-0.2, -0.15) is 0 Å². The summed E-state index contributed by atoms with van der Waals surface area (Å²) in [7, 11) is 1.62. The fraction of sp³-hybridized carbons (Fsp3) is 0.333. The van der Waals surface area contributed by atoms with Crippen LogP contribution in [0.1, 0.15) is 24.5 Å². The van der Waals surface area contributed by atoms with Crippen molar-refractivity contribution in [2.24, 2.45) is 0 Å². The van der Waals surface area contributed by atoms with Crippen LogP contribution in [0.4, 0.5) is 0 Å². The van der Waals surface area contributed by atoms with Crippen molar-refractivity contribution < 1.29 is 19.1 Å². The van der Waals surface area contributed by atoms with Gasteiger partial charge in [-0.15, -0.1) is 0 Å². The zero-order chi connectivity index (χ0) is 18.8. The third-order valence-electron chi connectivity index (χ3n) is 3.97. The molecule has 1 amide bonds. The van der Waals surface area contributed by atoms with Crippen LogP contribution in [-0.4, -0.2) is 37.0 Å². The van der Waals surface area contributed by atoms with Crippen LogP contribution < -0.4 is 4.74 Å². The molecule has 0 bridgehead atoms. The molecule has 0 spiro atoms. The summed E-state index contributed by atoms with van der Waals surface area (Å²) in [4.78, 5) is 26.1. The second-order valence-corrected chi connectivity index (χ2v) is 5.88. The van der Waals surface area contributed by atoms with Crippen molar-refractivity contribution in [3.63, 3.8) is 0 Å². The maximum absolute atomic E-state index is 12.8. The lowest BCUT2D eigenvalue weighted by molar-refractivity contribution is -0.144. The van der Waals surface area contributed by atoms with Crippen molar-refractivity contribution in [3.05, 3.63) is 65.7 Å². The Bertz CT molecular complexity index is 698. The lowest BCUT2D eigenvalue weighted by atomic mass is 10.1. The second-order valence-electron chi connectivity index (χ2n) is 5.88. The standard InChI is InChI=1S/C21H25NO4/c1-3-26-21(24)13-14-22(16-18-9-11-19(25-2)12-10-18)20(23)15-17-7-5-4-6-8-17/h4-12H,3,13-16H2,1-2H3. The van der Waals surface area contributed by atoms with E-state index in [0.29, 0.717) is 26.1 Å². The molecule has 26 heavy (non-hydrogen) atoms. The molecule has 0 fully saturated rings. The number of esters is 1. The Morgan fingerprint density at radius 1 is 0.962 bits per heavy atom. The molecule has 0 aromatic heterocycles. The fourth-order valence-electron chi connectivity index (χ4n) is 2.58. The van der Waals surface area contributed by atoms with Gasteiger partial charge in [-0.1, -0.05) is 42.5 Å². The molecule has 0 N–H and O–H groups in total. The Morgan fingerprint density at radius 3 is 2.27 bits per heavy atom. The van der Waals surface area contributed by atoms with Crippen LogP contribution in [0.5, 0.6) is 5.75 Å². The SMILES string of the molecule is CCOC(=O)CCN(Cc1ccc(OC)cc1)C(=O)Cc1ccccc1. The highest BCUT2D eigenvalue weighted by Gasteiger charge is 2.16. The largest absolute Gasteiger partial charge is 0.497 e. The van der Waals surface area contributed by atoms with Crippen molar-refractivity contribution in [3.8, 4) is 5.75 Å². The summed E-state index contributed by atoms with van der Waals surface area (Å²) in [6.45, 7) is 2.88. The van der Waals surface area contributed by atoms with Gasteiger partial charge in [-0.3, -0.25) is 9.59 Å². The van der Waals surface area contributed by atoms with Crippen LogP contribution in [0, 0.1) is 0 Å². The first-order valence-corrected chi connectivity index (χ1v) is 8.72. The van der Waals surface area contributed by atoms with E-state index < -0.39 is 0 Å². The summed E-state index contributed by atoms with van der Waals surface area (Å²) in [5.74, 6) is 0.457. The lowest BCUT2D eigenvalue weighted by Crippen LogP contribution is -2.34. The molecule has 5 heteroatoms. The van der Waals surface area contributed by atoms with E-state index in [4.69, 9.17) is 9.47 Å². The molecule has 0 aliphatic rings. The van der Waals surface area contributed by atoms with E-state index in [-0.39, 0.29) is 18.3 Å². The summed E-state index contributed by atoms with van der Waals surface area (Å²) in [5, 5.41) is 0. The first-order chi connectivity index (χ1) is 12.6. The van der Waals surface area contributed by atoms with Crippen LogP contribution >= 0.6 is 0 Å². The average molecular weight is 355 g/mol. The smallest absolute Gasteiger partial charge is 0.307 e. The van der Waals surface area contributed by atoms with E-state index in [1.165, 1.54) is 0 Å². The van der Waals surface area contributed by atoms with Crippen LogP contribution in [0.15, 0.2) is 54.6 Å². The van der Waals surface area contributed by atoms with Gasteiger partial charge in [0.2, 0.25) is 5.91 Å². The molecule has 2 rings (SSSR count). The van der Waals surface area contributed by atoms with E-state index in [0.717, 1.165) is 16.9 Å². The van der Waals surface area contributed by atoms with Gasteiger partial charge >= 0.3 is 5.97 Å². The maximum atomic E-state index is 12.8. The Labute approximate surface area is 154 Å². The van der Waals surface area contributed by atoms with Gasteiger partial charge in [-0.05, 0) is 30.2 Å². The number of ether oxygens (including phenoxy) is 2. The normalized spacial score (nSPS) is 10.2. The maximum Gasteiger partial charge on any atom is 0.307 e. The average Bonchev–Trinajstić information content (AvgIpc) is 2.66. The summed E-state index contributed by atoms with van der Waals surface area (Å²) in [6.07, 6.45) is 0.490. The molecule has 0 aliphatic carbocycles. The molecule has 0 aliphatic heterocycles. The Balaban J connectivity index is 2.06. The number of carbonyl (C=O) groups excluding carboxylic acids is 2. The van der Waals surface area contributed by atoms with Crippen molar-refractivity contribution in [1.29, 1.82) is 0 Å². The van der Waals surface area contributed by atoms with Crippen LogP contribution in [0.25, 0.3) is 0 Å². The molecule has 2 aromatic carbocycles. The molecule has 0 unspecified atom stereocenters. The first-order valence-electron chi connectivity index (χ1n) is 8.72. The Kier molecular flexibility index (Phi) is 7.68. The number of rotatable bonds is 9. The predicted octanol–water partition coefficient (Wildman–Crippen LogP) is 3.22. The van der Waals surface area contributed by atoms with Gasteiger partial charge in [0.25, 0.3) is 0 Å². The van der Waals surface area contributed by atoms with Gasteiger partial charge in [0, 0.05) is 13.1 Å². The van der Waals surface area contributed by atoms with Crippen LogP contribution in [0.3, 0.4) is 0 Å². The fourth-order valence-corrected chi connectivity index (χ4v) is 2.58. The van der Waals surface area contributed by atoms with Crippen LogP contribution in [0.2, 0.25) is 0 Å². The van der Waals surface area contributed by atoms with Gasteiger partial charge in [-0.25, -0.2) is 0 Å². The number of nitrogens with zero attached hydrogens (tertiary/aromatic N) is 1. The third-order valence-corrected chi connectivity index (χ3v) is 3.97. The van der Waals surface area contributed by atoms with E-state index in [1.54, 1.807) is 18.9 Å². The van der Waals surface area contributed by atoms with Crippen molar-refractivity contribution in [2.75, 3.05) is 20.3 Å². The number of benzene rings is 2. The third kappa shape index (κ3) is 6.24. The molecule has 138 valence electrons. The van der Waals surface area contributed by atoms with E-state index in [9.17, 15) is 9.59 Å². The van der Waals surface area contributed by atoms with E-state index in [2.05, 4.69) is 0 Å². The molecule has 2 aromatic rings. The summed E-state index contributed by atoms with van der Waals surface area (Å²) in [6, 6.07) is 17.2. The first kappa shape index (κ1) is 19.5. The zero-order valence-electron chi connectivity index (χ0n) is 15.3. The lowest BCUT2D eigenvalue weighted by Gasteiger charge is -2.23. The molecule has 0 saturated carbocycles. The zero-order valence-corrected chi connectivity index (χ0v) is 15.3. The summed E-state index contributed by atoms with van der Waals surface area (Å²) in [5.41, 5.74) is 1.93. The topological polar surface area (TPSA) is 55.8 Å². The van der Waals surface area contributed by atoms with Crippen molar-refractivity contribution in [2.45, 2.75) is 26.3 Å². The number of hydrogen-bond donors (Lipinski definition) is 0. The molecule has 5 nitrogen and oxygen atoms in total. The molecular formula is C21H25NO4. The van der Waals surface area contributed by atoms with Gasteiger partial charge < -0.3 is 14.4 Å². The van der Waals surface area contributed by atoms with Crippen molar-refractivity contribution >= 4 is 11.9 Å². The highest BCUT2D eigenvalue weighted by atomic mass is 16.5. The van der Waals surface area contributed by atoms with Gasteiger partial charge in [0.15, 0.2) is 0 Å². The Hall–Kier alpha value is -2.82. The van der Waals surface area contributed by atoms with Crippen LogP contribution in [-0.2, 0) is 27.3 Å². The summed E-state index contributed by atoms with van der Waals surface area (Å²) < 4.78 is 10.1. The second kappa shape index (κ2) is 10.2. The quantitative estimate of drug-likeness (QED) is 0.648. The minimum Gasteiger partial charge on any atom is -0.497 e. The Morgan fingerprint density at radius 2 is 1.65 bits per heavy atom. The number of amides is 1. The molecule has 0 saturated heterocycles. The minimum absolute atomic E-state index is 0.0173. The number of carbonyl (C=O) groups is 2.